The van der Waals surface area contributed by atoms with Gasteiger partial charge in [0.05, 0.1) is 18.1 Å². The number of anilines is 3. The van der Waals surface area contributed by atoms with Gasteiger partial charge in [-0.15, -0.1) is 0 Å². The van der Waals surface area contributed by atoms with Gasteiger partial charge in [0.25, 0.3) is 0 Å². The molecule has 0 amide bonds. The van der Waals surface area contributed by atoms with Crippen molar-refractivity contribution in [2.75, 3.05) is 49.6 Å². The Morgan fingerprint density at radius 3 is 2.43 bits per heavy atom. The van der Waals surface area contributed by atoms with Gasteiger partial charge in [-0.25, -0.2) is 23.4 Å². The van der Waals surface area contributed by atoms with Crippen LogP contribution in [0.4, 0.5) is 17.5 Å². The molecule has 184 valence electrons. The van der Waals surface area contributed by atoms with Crippen molar-refractivity contribution in [1.29, 1.82) is 0 Å². The fourth-order valence-corrected chi connectivity index (χ4v) is 5.56. The summed E-state index contributed by atoms with van der Waals surface area (Å²) in [4.78, 5) is 15.7. The smallest absolute Gasteiger partial charge is 0.243 e. The second kappa shape index (κ2) is 9.67. The third-order valence-corrected chi connectivity index (χ3v) is 7.81. The van der Waals surface area contributed by atoms with Crippen molar-refractivity contribution in [3.63, 3.8) is 0 Å². The van der Waals surface area contributed by atoms with Crippen LogP contribution in [-0.4, -0.2) is 67.1 Å². The summed E-state index contributed by atoms with van der Waals surface area (Å²) in [6, 6.07) is 10.6. The molecule has 0 bridgehead atoms. The van der Waals surface area contributed by atoms with Gasteiger partial charge in [0.15, 0.2) is 11.5 Å². The van der Waals surface area contributed by atoms with Crippen molar-refractivity contribution >= 4 is 27.5 Å². The van der Waals surface area contributed by atoms with E-state index in [4.69, 9.17) is 9.47 Å². The second-order valence-electron chi connectivity index (χ2n) is 8.55. The molecule has 2 aliphatic heterocycles. The normalized spacial score (nSPS) is 16.6. The predicted octanol–water partition coefficient (Wildman–Crippen LogP) is 2.90. The number of aromatic nitrogens is 3. The SMILES string of the molecule is Cc1ccnc(Nc2cc(N3CCN(S(=O)(=O)c4ccc5c(c4)OCCCO5)CC3)nc(C)n2)c1. The molecule has 5 rings (SSSR count). The van der Waals surface area contributed by atoms with Crippen LogP contribution >= 0.6 is 0 Å². The summed E-state index contributed by atoms with van der Waals surface area (Å²) >= 11 is 0. The molecule has 4 heterocycles. The molecule has 1 N–H and O–H groups in total. The van der Waals surface area contributed by atoms with Gasteiger partial charge in [0.2, 0.25) is 10.0 Å². The van der Waals surface area contributed by atoms with E-state index in [1.54, 1.807) is 24.4 Å². The molecular formula is C24H28N6O4S. The van der Waals surface area contributed by atoms with Crippen molar-refractivity contribution < 1.29 is 17.9 Å². The second-order valence-corrected chi connectivity index (χ2v) is 10.5. The highest BCUT2D eigenvalue weighted by atomic mass is 32.2. The van der Waals surface area contributed by atoms with Crippen LogP contribution in [-0.2, 0) is 10.0 Å². The lowest BCUT2D eigenvalue weighted by atomic mass is 10.3. The highest BCUT2D eigenvalue weighted by Crippen LogP contribution is 2.33. The average Bonchev–Trinajstić information content (AvgIpc) is 3.09. The van der Waals surface area contributed by atoms with E-state index in [1.807, 2.05) is 32.0 Å². The van der Waals surface area contributed by atoms with Gasteiger partial charge >= 0.3 is 0 Å². The summed E-state index contributed by atoms with van der Waals surface area (Å²) in [5.41, 5.74) is 1.10. The van der Waals surface area contributed by atoms with Crippen LogP contribution in [0.25, 0.3) is 0 Å². The van der Waals surface area contributed by atoms with E-state index in [0.717, 1.165) is 17.8 Å². The van der Waals surface area contributed by atoms with Gasteiger partial charge < -0.3 is 19.7 Å². The van der Waals surface area contributed by atoms with Gasteiger partial charge in [0.1, 0.15) is 23.3 Å². The van der Waals surface area contributed by atoms with E-state index in [2.05, 4.69) is 25.2 Å². The monoisotopic (exact) mass is 496 g/mol. The molecule has 1 saturated heterocycles. The number of hydrogen-bond donors (Lipinski definition) is 1. The van der Waals surface area contributed by atoms with Gasteiger partial charge in [-0.1, -0.05) is 0 Å². The van der Waals surface area contributed by atoms with Crippen molar-refractivity contribution in [3.8, 4) is 11.5 Å². The quantitative estimate of drug-likeness (QED) is 0.570. The third-order valence-electron chi connectivity index (χ3n) is 5.92. The molecule has 0 saturated carbocycles. The molecule has 3 aromatic rings. The number of hydrogen-bond acceptors (Lipinski definition) is 9. The summed E-state index contributed by atoms with van der Waals surface area (Å²) in [5.74, 6) is 3.78. The van der Waals surface area contributed by atoms with Crippen LogP contribution in [0, 0.1) is 13.8 Å². The zero-order valence-corrected chi connectivity index (χ0v) is 20.6. The number of piperazine rings is 1. The van der Waals surface area contributed by atoms with Gasteiger partial charge in [-0.2, -0.15) is 4.31 Å². The Labute approximate surface area is 205 Å². The van der Waals surface area contributed by atoms with Crippen LogP contribution in [0.1, 0.15) is 17.8 Å². The molecule has 0 atom stereocenters. The van der Waals surface area contributed by atoms with Gasteiger partial charge in [-0.3, -0.25) is 0 Å². The van der Waals surface area contributed by atoms with E-state index >= 15 is 0 Å². The minimum absolute atomic E-state index is 0.213. The molecule has 10 nitrogen and oxygen atoms in total. The number of fused-ring (bicyclic) bond motifs is 1. The van der Waals surface area contributed by atoms with Gasteiger partial charge in [0, 0.05) is 50.9 Å². The van der Waals surface area contributed by atoms with E-state index in [9.17, 15) is 8.42 Å². The standard InChI is InChI=1S/C24H28N6O4S/c1-17-6-7-25-22(14-17)28-23-16-24(27-18(2)26-23)29-8-10-30(11-9-29)35(31,32)19-4-5-20-21(15-19)34-13-3-12-33-20/h4-7,14-16H,3,8-13H2,1-2H3,(H,25,26,27,28). The first-order chi connectivity index (χ1) is 16.9. The summed E-state index contributed by atoms with van der Waals surface area (Å²) in [6.45, 7) is 6.63. The average molecular weight is 497 g/mol. The van der Waals surface area contributed by atoms with E-state index in [0.29, 0.717) is 68.4 Å². The van der Waals surface area contributed by atoms with Crippen LogP contribution in [0.15, 0.2) is 47.5 Å². The van der Waals surface area contributed by atoms with E-state index in [1.165, 1.54) is 4.31 Å². The lowest BCUT2D eigenvalue weighted by molar-refractivity contribution is 0.296. The van der Waals surface area contributed by atoms with Crippen molar-refractivity contribution in [2.24, 2.45) is 0 Å². The van der Waals surface area contributed by atoms with E-state index in [-0.39, 0.29) is 4.90 Å². The molecule has 2 aromatic heterocycles. The molecule has 1 fully saturated rings. The number of aryl methyl sites for hydroxylation is 2. The number of nitrogens with one attached hydrogen (secondary N) is 1. The predicted molar refractivity (Wildman–Crippen MR) is 132 cm³/mol. The molecule has 0 unspecified atom stereocenters. The first-order valence-electron chi connectivity index (χ1n) is 11.6. The van der Waals surface area contributed by atoms with Crippen LogP contribution < -0.4 is 19.7 Å². The number of ether oxygens (including phenoxy) is 2. The molecule has 0 aliphatic carbocycles. The topological polar surface area (TPSA) is 110 Å². The summed E-state index contributed by atoms with van der Waals surface area (Å²) in [7, 11) is -3.66. The van der Waals surface area contributed by atoms with E-state index < -0.39 is 10.0 Å². The number of rotatable bonds is 5. The maximum atomic E-state index is 13.3. The Kier molecular flexibility index (Phi) is 6.44. The molecule has 11 heteroatoms. The Morgan fingerprint density at radius 2 is 1.66 bits per heavy atom. The molecule has 0 radical (unpaired) electrons. The Hall–Kier alpha value is -3.44. The van der Waals surface area contributed by atoms with Crippen LogP contribution in [0.5, 0.6) is 11.5 Å². The van der Waals surface area contributed by atoms with Crippen molar-refractivity contribution in [1.82, 2.24) is 19.3 Å². The zero-order chi connectivity index (χ0) is 24.4. The van der Waals surface area contributed by atoms with Crippen molar-refractivity contribution in [3.05, 3.63) is 54.0 Å². The number of benzene rings is 1. The largest absolute Gasteiger partial charge is 0.490 e. The zero-order valence-electron chi connectivity index (χ0n) is 19.8. The number of pyridine rings is 1. The molecule has 0 spiro atoms. The first kappa shape index (κ1) is 23.3. The highest BCUT2D eigenvalue weighted by molar-refractivity contribution is 7.89. The lowest BCUT2D eigenvalue weighted by Gasteiger charge is -2.34. The first-order valence-corrected chi connectivity index (χ1v) is 13.0. The fraction of sp³-hybridized carbons (Fsp3) is 0.375. The molecule has 35 heavy (non-hydrogen) atoms. The third kappa shape index (κ3) is 5.15. The minimum Gasteiger partial charge on any atom is -0.490 e. The summed E-state index contributed by atoms with van der Waals surface area (Å²) in [5, 5.41) is 3.23. The molecule has 2 aliphatic rings. The summed E-state index contributed by atoms with van der Waals surface area (Å²) in [6.07, 6.45) is 2.51. The van der Waals surface area contributed by atoms with Crippen molar-refractivity contribution in [2.45, 2.75) is 25.2 Å². The number of nitrogens with zero attached hydrogens (tertiary/aromatic N) is 5. The Bertz CT molecular complexity index is 1330. The van der Waals surface area contributed by atoms with Gasteiger partial charge in [-0.05, 0) is 43.7 Å². The molecule has 1 aromatic carbocycles. The Balaban J connectivity index is 1.29. The lowest BCUT2D eigenvalue weighted by Crippen LogP contribution is -2.49. The maximum Gasteiger partial charge on any atom is 0.243 e. The van der Waals surface area contributed by atoms with Crippen LogP contribution in [0.2, 0.25) is 0 Å². The number of sulfonamides is 1. The highest BCUT2D eigenvalue weighted by Gasteiger charge is 2.30. The summed E-state index contributed by atoms with van der Waals surface area (Å²) < 4.78 is 39.4. The fourth-order valence-electron chi connectivity index (χ4n) is 4.12. The maximum absolute atomic E-state index is 13.3. The minimum atomic E-state index is -3.66. The molecular weight excluding hydrogens is 468 g/mol. The Morgan fingerprint density at radius 1 is 0.886 bits per heavy atom. The van der Waals surface area contributed by atoms with Crippen LogP contribution in [0.3, 0.4) is 0 Å².